The van der Waals surface area contributed by atoms with Crippen LogP contribution >= 0.6 is 0 Å². The lowest BCUT2D eigenvalue weighted by Gasteiger charge is -2.06. The Hall–Kier alpha value is -0.570. The Morgan fingerprint density at radius 2 is 2.20 bits per heavy atom. The summed E-state index contributed by atoms with van der Waals surface area (Å²) >= 11 is 0. The Morgan fingerprint density at radius 3 is 2.50 bits per heavy atom. The van der Waals surface area contributed by atoms with Gasteiger partial charge in [-0.25, -0.2) is 9.90 Å². The highest BCUT2D eigenvalue weighted by Crippen LogP contribution is 2.06. The zero-order valence-corrected chi connectivity index (χ0v) is 6.42. The van der Waals surface area contributed by atoms with Gasteiger partial charge in [0.25, 0.3) is 0 Å². The molecule has 0 aliphatic heterocycles. The van der Waals surface area contributed by atoms with E-state index in [9.17, 15) is 9.90 Å². The quantitative estimate of drug-likeness (QED) is 0.579. The Kier molecular flexibility index (Phi) is 4.94. The van der Waals surface area contributed by atoms with Crippen molar-refractivity contribution in [2.45, 2.75) is 19.8 Å². The second-order valence-corrected chi connectivity index (χ2v) is 2.26. The van der Waals surface area contributed by atoms with Gasteiger partial charge in [0.05, 0.1) is 12.5 Å². The molecule has 59 valence electrons. The van der Waals surface area contributed by atoms with Crippen molar-refractivity contribution in [2.24, 2.45) is 5.92 Å². The van der Waals surface area contributed by atoms with E-state index < -0.39 is 11.9 Å². The maximum Gasteiger partial charge on any atom is 0.360 e. The normalized spacial score (nSPS) is 13.0. The van der Waals surface area contributed by atoms with Gasteiger partial charge in [0.15, 0.2) is 0 Å². The summed E-state index contributed by atoms with van der Waals surface area (Å²) in [5.41, 5.74) is 0. The molecule has 1 atom stereocenters. The van der Waals surface area contributed by atoms with Gasteiger partial charge in [-0.15, -0.1) is 0 Å². The number of carbonyl (C=O) groups is 1. The first-order valence-corrected chi connectivity index (χ1v) is 3.42. The van der Waals surface area contributed by atoms with Crippen LogP contribution in [0.4, 0.5) is 0 Å². The van der Waals surface area contributed by atoms with Crippen molar-refractivity contribution in [1.29, 1.82) is 0 Å². The van der Waals surface area contributed by atoms with E-state index in [1.165, 1.54) is 7.11 Å². The molecule has 0 rings (SSSR count). The van der Waals surface area contributed by atoms with Crippen molar-refractivity contribution in [3.05, 3.63) is 0 Å². The Morgan fingerprint density at radius 1 is 1.60 bits per heavy atom. The van der Waals surface area contributed by atoms with E-state index in [-0.39, 0.29) is 6.61 Å². The lowest BCUT2D eigenvalue weighted by Crippen LogP contribution is -2.17. The Balaban J connectivity index is 3.61. The van der Waals surface area contributed by atoms with Crippen LogP contribution in [0.5, 0.6) is 0 Å². The van der Waals surface area contributed by atoms with Crippen LogP contribution in [-0.2, 0) is 14.6 Å². The van der Waals surface area contributed by atoms with E-state index >= 15 is 0 Å². The van der Waals surface area contributed by atoms with Gasteiger partial charge < -0.3 is 4.74 Å². The second kappa shape index (κ2) is 5.23. The Labute approximate surface area is 61.0 Å². The topological polar surface area (TPSA) is 46.2 Å². The van der Waals surface area contributed by atoms with E-state index in [1.54, 1.807) is 0 Å². The van der Waals surface area contributed by atoms with Gasteiger partial charge in [0.2, 0.25) is 0 Å². The number of rotatable bonds is 5. The van der Waals surface area contributed by atoms with Crippen molar-refractivity contribution in [3.63, 3.8) is 0 Å². The minimum Gasteiger partial charge on any atom is -0.384 e. The molecule has 0 saturated carbocycles. The van der Waals surface area contributed by atoms with Crippen molar-refractivity contribution in [2.75, 3.05) is 13.7 Å². The summed E-state index contributed by atoms with van der Waals surface area (Å²) in [5, 5.41) is 10.3. The van der Waals surface area contributed by atoms with Crippen LogP contribution in [0.1, 0.15) is 19.8 Å². The van der Waals surface area contributed by atoms with E-state index in [1.807, 2.05) is 6.92 Å². The standard InChI is InChI=1S/C7H13O3/c1-3-4-6(5-10-2)7(8)9/h6H,3-5H2,1-2H3. The van der Waals surface area contributed by atoms with Crippen molar-refractivity contribution < 1.29 is 14.6 Å². The fraction of sp³-hybridized carbons (Fsp3) is 0.857. The summed E-state index contributed by atoms with van der Waals surface area (Å²) in [6, 6.07) is 0. The minimum absolute atomic E-state index is 0.260. The number of hydrogen-bond acceptors (Lipinski definition) is 2. The molecule has 0 bridgehead atoms. The molecule has 10 heavy (non-hydrogen) atoms. The summed E-state index contributed by atoms with van der Waals surface area (Å²) in [6.07, 6.45) is 1.48. The van der Waals surface area contributed by atoms with E-state index in [2.05, 4.69) is 0 Å². The average Bonchev–Trinajstić information content (AvgIpc) is 1.87. The summed E-state index contributed by atoms with van der Waals surface area (Å²) in [5.74, 6) is -1.45. The lowest BCUT2D eigenvalue weighted by molar-refractivity contribution is -0.150. The summed E-state index contributed by atoms with van der Waals surface area (Å²) < 4.78 is 4.70. The third kappa shape index (κ3) is 3.45. The first-order valence-electron chi connectivity index (χ1n) is 3.42. The van der Waals surface area contributed by atoms with Crippen LogP contribution in [0.2, 0.25) is 0 Å². The third-order valence-electron chi connectivity index (χ3n) is 1.34. The third-order valence-corrected chi connectivity index (χ3v) is 1.34. The predicted molar refractivity (Wildman–Crippen MR) is 36.0 cm³/mol. The number of ether oxygens (including phenoxy) is 1. The molecule has 0 amide bonds. The van der Waals surface area contributed by atoms with Crippen molar-refractivity contribution in [1.82, 2.24) is 0 Å². The van der Waals surface area contributed by atoms with Gasteiger partial charge in [-0.3, -0.25) is 0 Å². The number of carbonyl (C=O) groups excluding carboxylic acids is 1. The summed E-state index contributed by atoms with van der Waals surface area (Å²) in [7, 11) is 1.49. The second-order valence-electron chi connectivity index (χ2n) is 2.26. The summed E-state index contributed by atoms with van der Waals surface area (Å²) in [6.45, 7) is 2.20. The highest BCUT2D eigenvalue weighted by molar-refractivity contribution is 5.69. The number of hydrogen-bond donors (Lipinski definition) is 0. The van der Waals surface area contributed by atoms with E-state index in [0.717, 1.165) is 6.42 Å². The maximum absolute atomic E-state index is 10.3. The molecule has 0 spiro atoms. The highest BCUT2D eigenvalue weighted by atomic mass is 16.5. The largest absolute Gasteiger partial charge is 0.384 e. The minimum atomic E-state index is -1.01. The van der Waals surface area contributed by atoms with Crippen LogP contribution in [-0.4, -0.2) is 19.7 Å². The molecule has 0 aromatic carbocycles. The molecule has 3 nitrogen and oxygen atoms in total. The van der Waals surface area contributed by atoms with Crippen LogP contribution < -0.4 is 0 Å². The molecule has 3 heteroatoms. The van der Waals surface area contributed by atoms with Gasteiger partial charge >= 0.3 is 5.97 Å². The van der Waals surface area contributed by atoms with Crippen LogP contribution in [0.3, 0.4) is 0 Å². The first-order chi connectivity index (χ1) is 4.72. The van der Waals surface area contributed by atoms with E-state index in [0.29, 0.717) is 6.42 Å². The van der Waals surface area contributed by atoms with Gasteiger partial charge in [0.1, 0.15) is 0 Å². The molecule has 0 saturated heterocycles. The highest BCUT2D eigenvalue weighted by Gasteiger charge is 2.17. The van der Waals surface area contributed by atoms with Gasteiger partial charge in [-0.2, -0.15) is 0 Å². The SMILES string of the molecule is CCCC(COC)C([O])=O. The van der Waals surface area contributed by atoms with Gasteiger partial charge in [0, 0.05) is 7.11 Å². The number of methoxy groups -OCH3 is 1. The molecule has 0 aliphatic rings. The molecule has 0 aliphatic carbocycles. The molecule has 0 N–H and O–H groups in total. The van der Waals surface area contributed by atoms with Gasteiger partial charge in [-0.05, 0) is 6.42 Å². The fourth-order valence-corrected chi connectivity index (χ4v) is 0.819. The molecule has 0 aromatic heterocycles. The van der Waals surface area contributed by atoms with Crippen LogP contribution in [0, 0.1) is 5.92 Å². The molecular weight excluding hydrogens is 132 g/mol. The summed E-state index contributed by atoms with van der Waals surface area (Å²) in [4.78, 5) is 10.3. The fourth-order valence-electron chi connectivity index (χ4n) is 0.819. The maximum atomic E-state index is 10.3. The zero-order chi connectivity index (χ0) is 7.98. The van der Waals surface area contributed by atoms with Crippen LogP contribution in [0.15, 0.2) is 0 Å². The smallest absolute Gasteiger partial charge is 0.360 e. The monoisotopic (exact) mass is 145 g/mol. The lowest BCUT2D eigenvalue weighted by atomic mass is 10.1. The molecule has 0 fully saturated rings. The average molecular weight is 145 g/mol. The Bertz CT molecular complexity index is 95.0. The van der Waals surface area contributed by atoms with E-state index in [4.69, 9.17) is 4.74 Å². The van der Waals surface area contributed by atoms with Crippen LogP contribution in [0.25, 0.3) is 0 Å². The molecule has 1 radical (unpaired) electrons. The molecule has 0 aromatic rings. The predicted octanol–water partition coefficient (Wildman–Crippen LogP) is 1.01. The van der Waals surface area contributed by atoms with Gasteiger partial charge in [-0.1, -0.05) is 13.3 Å². The van der Waals surface area contributed by atoms with Crippen molar-refractivity contribution >= 4 is 5.97 Å². The first kappa shape index (κ1) is 9.43. The molecular formula is C7H13O3. The van der Waals surface area contributed by atoms with Crippen molar-refractivity contribution in [3.8, 4) is 0 Å². The molecule has 0 heterocycles. The molecule has 1 unspecified atom stereocenters. The zero-order valence-electron chi connectivity index (χ0n) is 6.42.